The Labute approximate surface area is 86.6 Å². The summed E-state index contributed by atoms with van der Waals surface area (Å²) in [6.45, 7) is 11.9. The third-order valence-corrected chi connectivity index (χ3v) is 1.81. The van der Waals surface area contributed by atoms with Crippen LogP contribution in [0.2, 0.25) is 0 Å². The fraction of sp³-hybridized carbons (Fsp3) is 0.417. The number of rotatable bonds is 3. The predicted molar refractivity (Wildman–Crippen MR) is 61.6 cm³/mol. The van der Waals surface area contributed by atoms with Crippen LogP contribution in [0, 0.1) is 13.8 Å². The molecule has 78 valence electrons. The zero-order chi connectivity index (χ0) is 11.0. The number of oxime groups is 1. The van der Waals surface area contributed by atoms with E-state index in [1.165, 1.54) is 11.1 Å². The minimum Gasteiger partial charge on any atom is -0.391 e. The van der Waals surface area contributed by atoms with Crippen LogP contribution < -0.4 is 0 Å². The molecule has 0 heterocycles. The second-order valence-electron chi connectivity index (χ2n) is 2.83. The van der Waals surface area contributed by atoms with E-state index in [-0.39, 0.29) is 0 Å². The molecule has 0 bridgehead atoms. The van der Waals surface area contributed by atoms with Gasteiger partial charge in [0.05, 0.1) is 0 Å². The van der Waals surface area contributed by atoms with Gasteiger partial charge in [-0.3, -0.25) is 0 Å². The van der Waals surface area contributed by atoms with Gasteiger partial charge in [0.2, 0.25) is 0 Å². The Balaban J connectivity index is 0.000000791. The van der Waals surface area contributed by atoms with Crippen molar-refractivity contribution in [2.75, 3.05) is 0 Å². The van der Waals surface area contributed by atoms with Crippen LogP contribution in [0.25, 0.3) is 0 Å². The summed E-state index contributed by atoms with van der Waals surface area (Å²) in [4.78, 5) is 4.85. The average Bonchev–Trinajstić information content (AvgIpc) is 2.20. The third-order valence-electron chi connectivity index (χ3n) is 1.81. The molecule has 0 saturated heterocycles. The van der Waals surface area contributed by atoms with Gasteiger partial charge >= 0.3 is 0 Å². The molecule has 1 aromatic carbocycles. The lowest BCUT2D eigenvalue weighted by atomic mass is 10.1. The summed E-state index contributed by atoms with van der Waals surface area (Å²) in [5.74, 6) is 0. The smallest absolute Gasteiger partial charge is 0.142 e. The van der Waals surface area contributed by atoms with E-state index >= 15 is 0 Å². The Hall–Kier alpha value is -1.31. The van der Waals surface area contributed by atoms with Crippen LogP contribution in [0.4, 0.5) is 0 Å². The van der Waals surface area contributed by atoms with Crippen molar-refractivity contribution in [3.8, 4) is 0 Å². The Bertz CT molecular complexity index is 282. The van der Waals surface area contributed by atoms with Gasteiger partial charge in [0.15, 0.2) is 0 Å². The second kappa shape index (κ2) is 7.13. The highest BCUT2D eigenvalue weighted by molar-refractivity contribution is 5.29. The lowest BCUT2D eigenvalue weighted by molar-refractivity contribution is 0.133. The maximum absolute atomic E-state index is 4.85. The van der Waals surface area contributed by atoms with Crippen molar-refractivity contribution in [2.24, 2.45) is 5.16 Å². The standard InChI is InChI=1S/C10H13NO.C2H6/c1-8-4-5-10(7-12-11-3)9(2)6-8;1-2/h4-6H,3,7H2,1-2H3;1-2H3. The zero-order valence-corrected chi connectivity index (χ0v) is 9.50. The number of benzene rings is 1. The Morgan fingerprint density at radius 3 is 2.43 bits per heavy atom. The van der Waals surface area contributed by atoms with Crippen molar-refractivity contribution in [3.63, 3.8) is 0 Å². The molecule has 0 radical (unpaired) electrons. The molecule has 0 aromatic heterocycles. The Kier molecular flexibility index (Phi) is 6.46. The normalized spacial score (nSPS) is 8.57. The summed E-state index contributed by atoms with van der Waals surface area (Å²) in [6.07, 6.45) is 0. The highest BCUT2D eigenvalue weighted by Crippen LogP contribution is 2.11. The summed E-state index contributed by atoms with van der Waals surface area (Å²) in [6, 6.07) is 6.24. The van der Waals surface area contributed by atoms with E-state index in [9.17, 15) is 0 Å². The van der Waals surface area contributed by atoms with Crippen LogP contribution in [0.15, 0.2) is 23.4 Å². The molecular weight excluding hydrogens is 174 g/mol. The third kappa shape index (κ3) is 4.08. The molecule has 2 nitrogen and oxygen atoms in total. The Morgan fingerprint density at radius 2 is 1.93 bits per heavy atom. The summed E-state index contributed by atoms with van der Waals surface area (Å²) in [5, 5.41) is 3.34. The largest absolute Gasteiger partial charge is 0.391 e. The molecular formula is C12H19NO. The maximum Gasteiger partial charge on any atom is 0.142 e. The van der Waals surface area contributed by atoms with Gasteiger partial charge in [-0.2, -0.15) is 0 Å². The molecule has 14 heavy (non-hydrogen) atoms. The van der Waals surface area contributed by atoms with Gasteiger partial charge in [-0.15, -0.1) is 5.16 Å². The van der Waals surface area contributed by atoms with Gasteiger partial charge in [-0.1, -0.05) is 37.6 Å². The molecule has 0 aliphatic heterocycles. The zero-order valence-electron chi connectivity index (χ0n) is 9.50. The molecule has 0 fully saturated rings. The van der Waals surface area contributed by atoms with Crippen LogP contribution in [-0.2, 0) is 11.4 Å². The van der Waals surface area contributed by atoms with Crippen LogP contribution in [0.3, 0.4) is 0 Å². The lowest BCUT2D eigenvalue weighted by Crippen LogP contribution is -1.91. The first-order valence-corrected chi connectivity index (χ1v) is 4.88. The highest BCUT2D eigenvalue weighted by Gasteiger charge is 1.97. The van der Waals surface area contributed by atoms with E-state index in [0.717, 1.165) is 5.56 Å². The van der Waals surface area contributed by atoms with Gasteiger partial charge < -0.3 is 4.84 Å². The molecule has 1 aromatic rings. The van der Waals surface area contributed by atoms with Crippen molar-refractivity contribution < 1.29 is 4.84 Å². The van der Waals surface area contributed by atoms with Crippen LogP contribution in [0.5, 0.6) is 0 Å². The number of hydrogen-bond acceptors (Lipinski definition) is 2. The number of aryl methyl sites for hydroxylation is 2. The fourth-order valence-electron chi connectivity index (χ4n) is 1.12. The van der Waals surface area contributed by atoms with E-state index in [1.807, 2.05) is 13.8 Å². The fourth-order valence-corrected chi connectivity index (χ4v) is 1.12. The number of nitrogens with zero attached hydrogens (tertiary/aromatic N) is 1. The van der Waals surface area contributed by atoms with Gasteiger partial charge in [-0.25, -0.2) is 0 Å². The molecule has 0 spiro atoms. The summed E-state index contributed by atoms with van der Waals surface area (Å²) in [7, 11) is 0. The van der Waals surface area contributed by atoms with Crippen molar-refractivity contribution in [3.05, 3.63) is 34.9 Å². The van der Waals surface area contributed by atoms with Crippen LogP contribution >= 0.6 is 0 Å². The quantitative estimate of drug-likeness (QED) is 0.532. The minimum atomic E-state index is 0.510. The predicted octanol–water partition coefficient (Wildman–Crippen LogP) is 3.46. The molecule has 1 rings (SSSR count). The lowest BCUT2D eigenvalue weighted by Gasteiger charge is -2.04. The first-order chi connectivity index (χ1) is 6.74. The average molecular weight is 193 g/mol. The molecule has 0 unspecified atom stereocenters. The molecule has 0 aliphatic rings. The topological polar surface area (TPSA) is 21.6 Å². The first kappa shape index (κ1) is 12.7. The molecule has 0 atom stereocenters. The number of hydrogen-bond donors (Lipinski definition) is 0. The highest BCUT2D eigenvalue weighted by atomic mass is 16.6. The van der Waals surface area contributed by atoms with Crippen molar-refractivity contribution in [1.29, 1.82) is 0 Å². The van der Waals surface area contributed by atoms with Crippen molar-refractivity contribution in [2.45, 2.75) is 34.3 Å². The van der Waals surface area contributed by atoms with Crippen molar-refractivity contribution in [1.82, 2.24) is 0 Å². The SMILES string of the molecule is C=NOCc1ccc(C)cc1C.CC. The van der Waals surface area contributed by atoms with E-state index < -0.39 is 0 Å². The molecule has 0 aliphatic carbocycles. The molecule has 0 amide bonds. The van der Waals surface area contributed by atoms with E-state index in [0.29, 0.717) is 6.61 Å². The molecule has 0 saturated carbocycles. The van der Waals surface area contributed by atoms with E-state index in [4.69, 9.17) is 4.84 Å². The summed E-state index contributed by atoms with van der Waals surface area (Å²) in [5.41, 5.74) is 3.66. The maximum atomic E-state index is 4.85. The van der Waals surface area contributed by atoms with E-state index in [2.05, 4.69) is 43.9 Å². The van der Waals surface area contributed by atoms with Gasteiger partial charge in [0, 0.05) is 6.72 Å². The second-order valence-corrected chi connectivity index (χ2v) is 2.83. The summed E-state index contributed by atoms with van der Waals surface area (Å²) >= 11 is 0. The van der Waals surface area contributed by atoms with Crippen LogP contribution in [0.1, 0.15) is 30.5 Å². The first-order valence-electron chi connectivity index (χ1n) is 4.88. The van der Waals surface area contributed by atoms with Crippen molar-refractivity contribution >= 4 is 6.72 Å². The monoisotopic (exact) mass is 193 g/mol. The molecule has 0 N–H and O–H groups in total. The molecule has 2 heteroatoms. The van der Waals surface area contributed by atoms with Crippen LogP contribution in [-0.4, -0.2) is 6.72 Å². The summed E-state index contributed by atoms with van der Waals surface area (Å²) < 4.78 is 0. The van der Waals surface area contributed by atoms with E-state index in [1.54, 1.807) is 0 Å². The van der Waals surface area contributed by atoms with Gasteiger partial charge in [0.1, 0.15) is 6.61 Å². The van der Waals surface area contributed by atoms with Gasteiger partial charge in [0.25, 0.3) is 0 Å². The Morgan fingerprint density at radius 1 is 1.29 bits per heavy atom. The van der Waals surface area contributed by atoms with Gasteiger partial charge in [-0.05, 0) is 25.0 Å². The minimum absolute atomic E-state index is 0.510.